The van der Waals surface area contributed by atoms with Crippen molar-refractivity contribution >= 4 is 46.7 Å². The van der Waals surface area contributed by atoms with Crippen LogP contribution < -0.4 is 9.80 Å². The second kappa shape index (κ2) is 11.5. The van der Waals surface area contributed by atoms with Gasteiger partial charge in [-0.1, -0.05) is 35.4 Å². The van der Waals surface area contributed by atoms with E-state index >= 15 is 0 Å². The Labute approximate surface area is 222 Å². The molecule has 0 unspecified atom stereocenters. The van der Waals surface area contributed by atoms with Crippen LogP contribution in [-0.2, 0) is 13.5 Å². The fourth-order valence-corrected chi connectivity index (χ4v) is 8.05. The molecule has 184 valence electrons. The van der Waals surface area contributed by atoms with Gasteiger partial charge in [0, 0.05) is 22.8 Å². The fourth-order valence-electron chi connectivity index (χ4n) is 4.62. The van der Waals surface area contributed by atoms with Gasteiger partial charge in [0.15, 0.2) is 0 Å². The maximum absolute atomic E-state index is 5.63. The van der Waals surface area contributed by atoms with Crippen LogP contribution in [0, 0.1) is 48.2 Å². The van der Waals surface area contributed by atoms with Crippen molar-refractivity contribution in [3.8, 4) is 0 Å². The van der Waals surface area contributed by atoms with Gasteiger partial charge in [-0.25, -0.2) is 0 Å². The first-order valence-corrected chi connectivity index (χ1v) is 17.5. The predicted molar refractivity (Wildman–Crippen MR) is 150 cm³/mol. The first kappa shape index (κ1) is 27.1. The van der Waals surface area contributed by atoms with Crippen LogP contribution in [0.2, 0.25) is 0 Å². The molecule has 34 heavy (non-hydrogen) atoms. The van der Waals surface area contributed by atoms with E-state index < -0.39 is 13.5 Å². The molecule has 0 amide bonds. The topological polar surface area (TPSA) is 6.48 Å². The number of aryl methyl sites for hydroxylation is 6. The van der Waals surface area contributed by atoms with E-state index in [-0.39, 0.29) is 0 Å². The standard InChI is InChI=1S/C23H29N2.C5H4S.2ClH.Ru/c1-14-9-16(3)22(17(4)10-14)24-13-25(21(8)20(24)7)23-18(5)11-15(2)12-19(23)6;1-5-3-2-4-6-5;;;/h9-13H,1-8H3;1-4H;2*1H;/q-1;;;;+2/p-2. The Morgan fingerprint density at radius 1 is 0.735 bits per heavy atom. The third kappa shape index (κ3) is 6.21. The Morgan fingerprint density at radius 2 is 1.15 bits per heavy atom. The number of halogens is 2. The van der Waals surface area contributed by atoms with Gasteiger partial charge in [-0.2, -0.15) is 0 Å². The van der Waals surface area contributed by atoms with E-state index in [1.54, 1.807) is 11.3 Å². The Hall–Kier alpha value is -1.45. The molecule has 2 nitrogen and oxygen atoms in total. The summed E-state index contributed by atoms with van der Waals surface area (Å²) < 4.78 is 1.94. The number of hydrogen-bond acceptors (Lipinski definition) is 3. The number of allylic oxidation sites excluding steroid dienone is 2. The van der Waals surface area contributed by atoms with Crippen molar-refractivity contribution in [3.63, 3.8) is 0 Å². The summed E-state index contributed by atoms with van der Waals surface area (Å²) in [6.45, 7) is 19.8. The van der Waals surface area contributed by atoms with Gasteiger partial charge in [-0.3, -0.25) is 0 Å². The molecule has 0 atom stereocenters. The van der Waals surface area contributed by atoms with E-state index in [9.17, 15) is 0 Å². The van der Waals surface area contributed by atoms with E-state index in [1.165, 1.54) is 61.0 Å². The van der Waals surface area contributed by atoms with Crippen LogP contribution in [0.1, 0.15) is 52.1 Å². The van der Waals surface area contributed by atoms with Crippen molar-refractivity contribution in [1.29, 1.82) is 0 Å². The molecule has 6 heteroatoms. The Kier molecular flexibility index (Phi) is 9.20. The molecule has 0 saturated heterocycles. The average Bonchev–Trinajstić information content (AvgIpc) is 3.31. The molecular weight excluding hydrogens is 568 g/mol. The quantitative estimate of drug-likeness (QED) is 0.218. The van der Waals surface area contributed by atoms with Gasteiger partial charge >= 0.3 is 71.2 Å². The molecule has 1 aromatic heterocycles. The molecule has 0 saturated carbocycles. The molecule has 1 aliphatic rings. The molecule has 0 N–H and O–H groups in total. The zero-order valence-electron chi connectivity index (χ0n) is 21.1. The molecule has 0 aliphatic carbocycles. The summed E-state index contributed by atoms with van der Waals surface area (Å²) in [5.41, 5.74) is 13.1. The zero-order valence-corrected chi connectivity index (χ0v) is 25.2. The monoisotopic (exact) mass is 601 g/mol. The van der Waals surface area contributed by atoms with E-state index in [4.69, 9.17) is 19.4 Å². The molecule has 3 aromatic rings. The van der Waals surface area contributed by atoms with Crippen molar-refractivity contribution < 1.29 is 13.5 Å². The maximum atomic E-state index is 5.63. The summed E-state index contributed by atoms with van der Waals surface area (Å²) in [5.74, 6) is 0. The van der Waals surface area contributed by atoms with Crippen LogP contribution in [0.25, 0.3) is 0 Å². The van der Waals surface area contributed by atoms with E-state index in [2.05, 4.69) is 96.1 Å². The summed E-state index contributed by atoms with van der Waals surface area (Å²) in [7, 11) is 11.3. The van der Waals surface area contributed by atoms with Gasteiger partial charge in [-0.15, -0.1) is 6.67 Å². The van der Waals surface area contributed by atoms with Crippen molar-refractivity contribution in [2.75, 3.05) is 9.80 Å². The van der Waals surface area contributed by atoms with Crippen LogP contribution in [0.5, 0.6) is 0 Å². The second-order valence-corrected chi connectivity index (χ2v) is 15.5. The predicted octanol–water partition coefficient (Wildman–Crippen LogP) is 9.06. The molecule has 0 spiro atoms. The van der Waals surface area contributed by atoms with Crippen LogP contribution in [-0.4, -0.2) is 4.61 Å². The van der Waals surface area contributed by atoms with Gasteiger partial charge in [0.1, 0.15) is 0 Å². The molecule has 0 radical (unpaired) electrons. The van der Waals surface area contributed by atoms with Crippen LogP contribution in [0.15, 0.2) is 53.2 Å². The van der Waals surface area contributed by atoms with Crippen LogP contribution in [0.3, 0.4) is 0 Å². The SMILES string of the molecule is CC1=C(C)N(c2c(C)cc(C)cc2C)[CH-]N1c1c(C)cc(C)cc1C.[Cl][Ru]([Cl])=[CH]c1cccs1. The van der Waals surface area contributed by atoms with Gasteiger partial charge in [-0.05, 0) is 77.6 Å². The zero-order chi connectivity index (χ0) is 25.2. The minimum atomic E-state index is -1.57. The second-order valence-electron chi connectivity index (χ2n) is 8.84. The van der Waals surface area contributed by atoms with Crippen molar-refractivity contribution in [2.24, 2.45) is 0 Å². The Balaban J connectivity index is 0.000000302. The number of hydrogen-bond donors (Lipinski definition) is 0. The number of thiophene rings is 1. The summed E-state index contributed by atoms with van der Waals surface area (Å²) in [6.07, 6.45) is 0. The van der Waals surface area contributed by atoms with Gasteiger partial charge in [0.05, 0.1) is 0 Å². The molecule has 0 bridgehead atoms. The fraction of sp³-hybridized carbons (Fsp3) is 0.286. The minimum absolute atomic E-state index is 1.18. The van der Waals surface area contributed by atoms with Crippen molar-refractivity contribution in [3.05, 3.63) is 98.1 Å². The third-order valence-electron chi connectivity index (χ3n) is 5.95. The summed E-state index contributed by atoms with van der Waals surface area (Å²) in [5, 5.41) is 2.01. The van der Waals surface area contributed by atoms with E-state index in [1.807, 2.05) is 22.1 Å². The van der Waals surface area contributed by atoms with Crippen LogP contribution >= 0.6 is 30.7 Å². The molecule has 0 fully saturated rings. The Bertz CT molecular complexity index is 1120. The molecule has 1 aliphatic heterocycles. The van der Waals surface area contributed by atoms with Crippen molar-refractivity contribution in [2.45, 2.75) is 55.4 Å². The summed E-state index contributed by atoms with van der Waals surface area (Å²) in [6, 6.07) is 13.1. The number of rotatable bonds is 3. The van der Waals surface area contributed by atoms with Crippen molar-refractivity contribution in [1.82, 2.24) is 0 Å². The van der Waals surface area contributed by atoms with Gasteiger partial charge in [0.25, 0.3) is 0 Å². The molecule has 2 aromatic carbocycles. The van der Waals surface area contributed by atoms with E-state index in [0.29, 0.717) is 0 Å². The Morgan fingerprint density at radius 3 is 1.47 bits per heavy atom. The molecular formula is C28H33Cl2N2RuS-. The number of benzene rings is 2. The summed E-state index contributed by atoms with van der Waals surface area (Å²) in [4.78, 5) is 5.87. The number of nitrogens with zero attached hydrogens (tertiary/aromatic N) is 2. The molecule has 4 rings (SSSR count). The average molecular weight is 602 g/mol. The van der Waals surface area contributed by atoms with E-state index in [0.717, 1.165) is 0 Å². The van der Waals surface area contributed by atoms with Crippen LogP contribution in [0.4, 0.5) is 11.4 Å². The first-order chi connectivity index (χ1) is 16.0. The summed E-state index contributed by atoms with van der Waals surface area (Å²) >= 11 is 0.0926. The normalized spacial score (nSPS) is 13.8. The van der Waals surface area contributed by atoms with Gasteiger partial charge in [0.2, 0.25) is 0 Å². The molecule has 2 heterocycles. The third-order valence-corrected chi connectivity index (χ3v) is 8.93. The first-order valence-electron chi connectivity index (χ1n) is 11.1. The number of anilines is 2. The van der Waals surface area contributed by atoms with Gasteiger partial charge < -0.3 is 9.80 Å².